The molecule has 0 fully saturated rings. The molecule has 0 aromatic carbocycles. The van der Waals surface area contributed by atoms with Gasteiger partial charge in [-0.2, -0.15) is 0 Å². The Morgan fingerprint density at radius 1 is 0.815 bits per heavy atom. The van der Waals surface area contributed by atoms with Crippen molar-refractivity contribution in [3.63, 3.8) is 0 Å². The predicted molar refractivity (Wildman–Crippen MR) is 92.7 cm³/mol. The van der Waals surface area contributed by atoms with Crippen molar-refractivity contribution < 1.29 is 39.3 Å². The third-order valence-corrected chi connectivity index (χ3v) is 3.61. The molecule has 0 aromatic rings. The average molecular weight is 389 g/mol. The van der Waals surface area contributed by atoms with Gasteiger partial charge in [-0.05, 0) is 25.2 Å². The number of hydrogen-bond donors (Lipinski definition) is 6. The highest BCUT2D eigenvalue weighted by Crippen LogP contribution is 2.08. The summed E-state index contributed by atoms with van der Waals surface area (Å²) in [6.45, 7) is 3.58. The van der Waals surface area contributed by atoms with E-state index in [1.807, 2.05) is 0 Å². The monoisotopic (exact) mass is 389 g/mol. The number of rotatable bonds is 13. The topological polar surface area (TPSA) is 196 Å². The Balaban J connectivity index is 5.01. The SMILES string of the molecule is CC(C)CC(NC(=O)C(N)CCC(=O)O)C(=O)NC(CCC(=O)O)C(=O)O. The molecule has 0 bridgehead atoms. The summed E-state index contributed by atoms with van der Waals surface area (Å²) in [5, 5.41) is 31.0. The molecule has 11 heteroatoms. The van der Waals surface area contributed by atoms with E-state index in [0.717, 1.165) is 0 Å². The fraction of sp³-hybridized carbons (Fsp3) is 0.688. The highest BCUT2D eigenvalue weighted by molar-refractivity contribution is 5.92. The summed E-state index contributed by atoms with van der Waals surface area (Å²) in [4.78, 5) is 56.8. The normalized spacial score (nSPS) is 14.1. The van der Waals surface area contributed by atoms with E-state index in [2.05, 4.69) is 10.6 Å². The maximum absolute atomic E-state index is 12.4. The molecule has 3 unspecified atom stereocenters. The minimum Gasteiger partial charge on any atom is -0.481 e. The van der Waals surface area contributed by atoms with Crippen molar-refractivity contribution in [2.75, 3.05) is 0 Å². The van der Waals surface area contributed by atoms with E-state index >= 15 is 0 Å². The standard InChI is InChI=1S/C16H27N3O8/c1-8(2)7-11(19-14(24)9(17)3-5-12(20)21)15(25)18-10(16(26)27)4-6-13(22)23/h8-11H,3-7,17H2,1-2H3,(H,18,25)(H,19,24)(H,20,21)(H,22,23)(H,26,27). The molecule has 154 valence electrons. The van der Waals surface area contributed by atoms with E-state index < -0.39 is 54.3 Å². The quantitative estimate of drug-likeness (QED) is 0.232. The van der Waals surface area contributed by atoms with Crippen LogP contribution in [0.25, 0.3) is 0 Å². The number of nitrogens with two attached hydrogens (primary N) is 1. The highest BCUT2D eigenvalue weighted by atomic mass is 16.4. The minimum atomic E-state index is -1.42. The molecule has 0 aliphatic carbocycles. The van der Waals surface area contributed by atoms with E-state index in [-0.39, 0.29) is 31.6 Å². The molecule has 0 aliphatic rings. The second kappa shape index (κ2) is 11.8. The van der Waals surface area contributed by atoms with Crippen molar-refractivity contribution >= 4 is 29.7 Å². The summed E-state index contributed by atoms with van der Waals surface area (Å²) in [6.07, 6.45) is -0.997. The molecule has 27 heavy (non-hydrogen) atoms. The Morgan fingerprint density at radius 2 is 1.30 bits per heavy atom. The summed E-state index contributed by atoms with van der Waals surface area (Å²) in [5.74, 6) is -5.24. The number of carbonyl (C=O) groups is 5. The Kier molecular flexibility index (Phi) is 10.7. The highest BCUT2D eigenvalue weighted by Gasteiger charge is 2.28. The van der Waals surface area contributed by atoms with Gasteiger partial charge in [0, 0.05) is 12.8 Å². The van der Waals surface area contributed by atoms with Crippen molar-refractivity contribution in [2.24, 2.45) is 11.7 Å². The van der Waals surface area contributed by atoms with Gasteiger partial charge in [-0.15, -0.1) is 0 Å². The number of carboxylic acids is 3. The Labute approximate surface area is 156 Å². The van der Waals surface area contributed by atoms with Crippen LogP contribution in [0.15, 0.2) is 0 Å². The molecule has 3 atom stereocenters. The number of carboxylic acid groups (broad SMARTS) is 3. The second-order valence-electron chi connectivity index (χ2n) is 6.56. The molecule has 0 spiro atoms. The zero-order valence-corrected chi connectivity index (χ0v) is 15.3. The molecule has 0 rings (SSSR count). The average Bonchev–Trinajstić information content (AvgIpc) is 2.54. The van der Waals surface area contributed by atoms with Crippen LogP contribution in [0, 0.1) is 5.92 Å². The van der Waals surface area contributed by atoms with Crippen LogP contribution in [0.2, 0.25) is 0 Å². The van der Waals surface area contributed by atoms with E-state index in [0.29, 0.717) is 0 Å². The number of amides is 2. The molecule has 7 N–H and O–H groups in total. The Morgan fingerprint density at radius 3 is 1.74 bits per heavy atom. The molecule has 0 radical (unpaired) electrons. The molecule has 11 nitrogen and oxygen atoms in total. The first-order valence-corrected chi connectivity index (χ1v) is 8.46. The molecular formula is C16H27N3O8. The van der Waals surface area contributed by atoms with Crippen molar-refractivity contribution in [1.29, 1.82) is 0 Å². The van der Waals surface area contributed by atoms with Gasteiger partial charge in [-0.25, -0.2) is 4.79 Å². The van der Waals surface area contributed by atoms with Crippen LogP contribution in [0.4, 0.5) is 0 Å². The van der Waals surface area contributed by atoms with E-state index in [1.54, 1.807) is 13.8 Å². The van der Waals surface area contributed by atoms with E-state index in [9.17, 15) is 24.0 Å². The van der Waals surface area contributed by atoms with Crippen LogP contribution in [-0.4, -0.2) is 63.2 Å². The number of carbonyl (C=O) groups excluding carboxylic acids is 2. The van der Waals surface area contributed by atoms with E-state index in [4.69, 9.17) is 21.1 Å². The molecular weight excluding hydrogens is 362 g/mol. The van der Waals surface area contributed by atoms with Crippen LogP contribution in [0.5, 0.6) is 0 Å². The third kappa shape index (κ3) is 10.8. The fourth-order valence-corrected chi connectivity index (χ4v) is 2.19. The Bertz CT molecular complexity index is 564. The minimum absolute atomic E-state index is 0.0291. The maximum Gasteiger partial charge on any atom is 0.326 e. The Hall–Kier alpha value is -2.69. The molecule has 2 amide bonds. The van der Waals surface area contributed by atoms with Gasteiger partial charge in [0.1, 0.15) is 12.1 Å². The fourth-order valence-electron chi connectivity index (χ4n) is 2.19. The van der Waals surface area contributed by atoms with Gasteiger partial charge >= 0.3 is 17.9 Å². The van der Waals surface area contributed by atoms with Crippen molar-refractivity contribution in [3.8, 4) is 0 Å². The first-order chi connectivity index (χ1) is 12.4. The lowest BCUT2D eigenvalue weighted by molar-refractivity contribution is -0.143. The third-order valence-electron chi connectivity index (χ3n) is 3.61. The van der Waals surface area contributed by atoms with Crippen molar-refractivity contribution in [3.05, 3.63) is 0 Å². The van der Waals surface area contributed by atoms with Gasteiger partial charge in [0.25, 0.3) is 0 Å². The van der Waals surface area contributed by atoms with Gasteiger partial charge in [0.2, 0.25) is 11.8 Å². The largest absolute Gasteiger partial charge is 0.481 e. The lowest BCUT2D eigenvalue weighted by atomic mass is 10.0. The maximum atomic E-state index is 12.4. The van der Waals surface area contributed by atoms with Gasteiger partial charge < -0.3 is 31.7 Å². The molecule has 0 heterocycles. The van der Waals surface area contributed by atoms with E-state index in [1.165, 1.54) is 0 Å². The predicted octanol–water partition coefficient (Wildman–Crippen LogP) is -0.856. The zero-order valence-electron chi connectivity index (χ0n) is 15.3. The zero-order chi connectivity index (χ0) is 21.1. The summed E-state index contributed by atoms with van der Waals surface area (Å²) in [7, 11) is 0. The summed E-state index contributed by atoms with van der Waals surface area (Å²) < 4.78 is 0. The van der Waals surface area contributed by atoms with Crippen LogP contribution in [-0.2, 0) is 24.0 Å². The number of aliphatic carboxylic acids is 3. The molecule has 0 aromatic heterocycles. The lowest BCUT2D eigenvalue weighted by Crippen LogP contribution is -2.54. The van der Waals surface area contributed by atoms with Crippen molar-refractivity contribution in [2.45, 2.75) is 64.1 Å². The van der Waals surface area contributed by atoms with Crippen LogP contribution >= 0.6 is 0 Å². The molecule has 0 saturated heterocycles. The van der Waals surface area contributed by atoms with Crippen LogP contribution < -0.4 is 16.4 Å². The van der Waals surface area contributed by atoms with Gasteiger partial charge in [0.15, 0.2) is 0 Å². The smallest absolute Gasteiger partial charge is 0.326 e. The lowest BCUT2D eigenvalue weighted by Gasteiger charge is -2.24. The summed E-state index contributed by atoms with van der Waals surface area (Å²) in [6, 6.07) is -3.63. The van der Waals surface area contributed by atoms with Crippen LogP contribution in [0.1, 0.15) is 46.0 Å². The summed E-state index contributed by atoms with van der Waals surface area (Å²) >= 11 is 0. The summed E-state index contributed by atoms with van der Waals surface area (Å²) in [5.41, 5.74) is 5.61. The number of nitrogens with one attached hydrogen (secondary N) is 2. The number of hydrogen-bond acceptors (Lipinski definition) is 6. The second-order valence-corrected chi connectivity index (χ2v) is 6.56. The van der Waals surface area contributed by atoms with Gasteiger partial charge in [-0.3, -0.25) is 19.2 Å². The van der Waals surface area contributed by atoms with Crippen molar-refractivity contribution in [1.82, 2.24) is 10.6 Å². The molecule has 0 aliphatic heterocycles. The molecule has 0 saturated carbocycles. The van der Waals surface area contributed by atoms with Crippen LogP contribution in [0.3, 0.4) is 0 Å². The van der Waals surface area contributed by atoms with Gasteiger partial charge in [-0.1, -0.05) is 13.8 Å². The van der Waals surface area contributed by atoms with Gasteiger partial charge in [0.05, 0.1) is 6.04 Å². The first-order valence-electron chi connectivity index (χ1n) is 8.46. The first kappa shape index (κ1) is 24.3.